The molecule has 6 nitrogen and oxygen atoms in total. The molecule has 1 aromatic carbocycles. The molecule has 0 spiro atoms. The molecule has 2 aromatic rings. The maximum absolute atomic E-state index is 11.9. The van der Waals surface area contributed by atoms with E-state index >= 15 is 0 Å². The van der Waals surface area contributed by atoms with Gasteiger partial charge in [0.2, 0.25) is 5.91 Å². The molecular formula is C16H17Cl2N3O3. The first-order valence-corrected chi connectivity index (χ1v) is 7.92. The Morgan fingerprint density at radius 2 is 2.00 bits per heavy atom. The van der Waals surface area contributed by atoms with E-state index in [2.05, 4.69) is 10.6 Å². The lowest BCUT2D eigenvalue weighted by atomic mass is 10.2. The number of rotatable bonds is 6. The fraction of sp³-hybridized carbons (Fsp3) is 0.250. The molecule has 8 heteroatoms. The second kappa shape index (κ2) is 8.73. The van der Waals surface area contributed by atoms with Crippen molar-refractivity contribution in [3.63, 3.8) is 0 Å². The summed E-state index contributed by atoms with van der Waals surface area (Å²) in [5, 5.41) is 5.74. The Morgan fingerprint density at radius 3 is 2.67 bits per heavy atom. The molecule has 0 fully saturated rings. The summed E-state index contributed by atoms with van der Waals surface area (Å²) in [6.07, 6.45) is 1.51. The smallest absolute Gasteiger partial charge is 0.321 e. The van der Waals surface area contributed by atoms with Crippen LogP contribution in [0.25, 0.3) is 0 Å². The van der Waals surface area contributed by atoms with Gasteiger partial charge >= 0.3 is 6.03 Å². The van der Waals surface area contributed by atoms with E-state index in [0.717, 1.165) is 5.56 Å². The number of hydrogen-bond donors (Lipinski definition) is 2. The number of likely N-dealkylation sites (N-methyl/N-ethyl adjacent to an activating group) is 1. The van der Waals surface area contributed by atoms with Gasteiger partial charge in [-0.1, -0.05) is 29.3 Å². The molecule has 2 N–H and O–H groups in total. The van der Waals surface area contributed by atoms with E-state index in [1.807, 2.05) is 6.07 Å². The van der Waals surface area contributed by atoms with Crippen LogP contribution in [0.4, 0.5) is 4.79 Å². The van der Waals surface area contributed by atoms with E-state index < -0.39 is 11.9 Å². The van der Waals surface area contributed by atoms with Gasteiger partial charge in [0.1, 0.15) is 5.76 Å². The number of halogens is 2. The first-order valence-electron chi connectivity index (χ1n) is 7.16. The largest absolute Gasteiger partial charge is 0.467 e. The van der Waals surface area contributed by atoms with Gasteiger partial charge in [-0.3, -0.25) is 15.0 Å². The highest BCUT2D eigenvalue weighted by molar-refractivity contribution is 6.42. The van der Waals surface area contributed by atoms with Crippen LogP contribution in [0.3, 0.4) is 0 Å². The average Bonchev–Trinajstić information content (AvgIpc) is 3.02. The second-order valence-corrected chi connectivity index (χ2v) is 6.05. The van der Waals surface area contributed by atoms with Crippen LogP contribution in [0, 0.1) is 0 Å². The molecule has 0 aliphatic heterocycles. The monoisotopic (exact) mass is 369 g/mol. The normalized spacial score (nSPS) is 10.7. The van der Waals surface area contributed by atoms with Gasteiger partial charge in [-0.2, -0.15) is 0 Å². The summed E-state index contributed by atoms with van der Waals surface area (Å²) < 4.78 is 5.08. The Bertz CT molecular complexity index is 705. The Balaban J connectivity index is 1.74. The van der Waals surface area contributed by atoms with Crippen molar-refractivity contribution in [1.29, 1.82) is 0 Å². The molecule has 1 aromatic heterocycles. The number of nitrogens with zero attached hydrogens (tertiary/aromatic N) is 1. The van der Waals surface area contributed by atoms with Crippen molar-refractivity contribution in [1.82, 2.24) is 15.5 Å². The number of hydrogen-bond acceptors (Lipinski definition) is 4. The molecule has 24 heavy (non-hydrogen) atoms. The molecule has 0 radical (unpaired) electrons. The highest BCUT2D eigenvalue weighted by Crippen LogP contribution is 2.23. The van der Waals surface area contributed by atoms with Crippen LogP contribution in [-0.4, -0.2) is 30.4 Å². The first-order chi connectivity index (χ1) is 11.4. The van der Waals surface area contributed by atoms with E-state index in [0.29, 0.717) is 22.4 Å². The number of nitrogens with one attached hydrogen (secondary N) is 2. The third-order valence-corrected chi connectivity index (χ3v) is 3.85. The molecule has 0 aliphatic rings. The lowest BCUT2D eigenvalue weighted by Gasteiger charge is -2.16. The third kappa shape index (κ3) is 5.88. The molecule has 3 amide bonds. The summed E-state index contributed by atoms with van der Waals surface area (Å²) in [6.45, 7) is 0.776. The lowest BCUT2D eigenvalue weighted by molar-refractivity contribution is -0.120. The highest BCUT2D eigenvalue weighted by atomic mass is 35.5. The highest BCUT2D eigenvalue weighted by Gasteiger charge is 2.11. The van der Waals surface area contributed by atoms with Crippen molar-refractivity contribution in [2.24, 2.45) is 0 Å². The van der Waals surface area contributed by atoms with Crippen LogP contribution in [0.15, 0.2) is 41.0 Å². The molecule has 128 valence electrons. The Hall–Kier alpha value is -2.02. The molecule has 1 heterocycles. The van der Waals surface area contributed by atoms with Gasteiger partial charge in [0.05, 0.1) is 29.4 Å². The predicted molar refractivity (Wildman–Crippen MR) is 91.9 cm³/mol. The van der Waals surface area contributed by atoms with Crippen LogP contribution in [0.1, 0.15) is 11.3 Å². The fourth-order valence-electron chi connectivity index (χ4n) is 2.04. The zero-order chi connectivity index (χ0) is 17.5. The number of imide groups is 1. The van der Waals surface area contributed by atoms with Gasteiger partial charge in [-0.25, -0.2) is 4.79 Å². The minimum absolute atomic E-state index is 0.0639. The van der Waals surface area contributed by atoms with Crippen LogP contribution in [0.5, 0.6) is 0 Å². The van der Waals surface area contributed by atoms with Gasteiger partial charge in [-0.15, -0.1) is 0 Å². The van der Waals surface area contributed by atoms with Crippen LogP contribution < -0.4 is 10.6 Å². The number of carbonyl (C=O) groups is 2. The average molecular weight is 370 g/mol. The first kappa shape index (κ1) is 18.3. The lowest BCUT2D eigenvalue weighted by Crippen LogP contribution is -2.43. The van der Waals surface area contributed by atoms with Crippen molar-refractivity contribution >= 4 is 35.1 Å². The standard InChI is InChI=1S/C16H17Cl2N3O3/c1-21(9-11-4-5-13(17)14(18)7-11)10-15(22)20-16(23)19-8-12-3-2-6-24-12/h2-7H,8-10H2,1H3,(H2,19,20,22,23). The van der Waals surface area contributed by atoms with E-state index in [9.17, 15) is 9.59 Å². The number of furan rings is 1. The Kier molecular flexibility index (Phi) is 6.66. The van der Waals surface area contributed by atoms with Gasteiger partial charge < -0.3 is 9.73 Å². The van der Waals surface area contributed by atoms with Gasteiger partial charge in [0.25, 0.3) is 0 Å². The number of carbonyl (C=O) groups excluding carboxylic acids is 2. The van der Waals surface area contributed by atoms with E-state index in [4.69, 9.17) is 27.6 Å². The summed E-state index contributed by atoms with van der Waals surface area (Å²) in [5.74, 6) is 0.198. The van der Waals surface area contributed by atoms with Crippen molar-refractivity contribution in [2.75, 3.05) is 13.6 Å². The summed E-state index contributed by atoms with van der Waals surface area (Å²) in [7, 11) is 1.77. The molecule has 0 saturated heterocycles. The van der Waals surface area contributed by atoms with Gasteiger partial charge in [0.15, 0.2) is 0 Å². The molecule has 0 aliphatic carbocycles. The molecule has 0 saturated carbocycles. The number of benzene rings is 1. The number of amides is 3. The molecule has 0 atom stereocenters. The molecule has 2 rings (SSSR count). The van der Waals surface area contributed by atoms with Crippen molar-refractivity contribution in [2.45, 2.75) is 13.1 Å². The van der Waals surface area contributed by atoms with Crippen LogP contribution in [-0.2, 0) is 17.9 Å². The topological polar surface area (TPSA) is 74.6 Å². The minimum atomic E-state index is -0.570. The fourth-order valence-corrected chi connectivity index (χ4v) is 2.36. The summed E-state index contributed by atoms with van der Waals surface area (Å²) in [4.78, 5) is 25.2. The molecule has 0 bridgehead atoms. The maximum Gasteiger partial charge on any atom is 0.321 e. The second-order valence-electron chi connectivity index (χ2n) is 5.23. The van der Waals surface area contributed by atoms with E-state index in [-0.39, 0.29) is 13.1 Å². The van der Waals surface area contributed by atoms with Gasteiger partial charge in [-0.05, 0) is 36.9 Å². The maximum atomic E-state index is 11.9. The third-order valence-electron chi connectivity index (χ3n) is 3.11. The number of urea groups is 1. The molecular weight excluding hydrogens is 353 g/mol. The SMILES string of the molecule is CN(CC(=O)NC(=O)NCc1ccco1)Cc1ccc(Cl)c(Cl)c1. The van der Waals surface area contributed by atoms with Crippen molar-refractivity contribution < 1.29 is 14.0 Å². The van der Waals surface area contributed by atoms with Crippen molar-refractivity contribution in [3.05, 3.63) is 58.0 Å². The van der Waals surface area contributed by atoms with E-state index in [1.165, 1.54) is 6.26 Å². The Labute approximate surface area is 149 Å². The van der Waals surface area contributed by atoms with Crippen molar-refractivity contribution in [3.8, 4) is 0 Å². The minimum Gasteiger partial charge on any atom is -0.467 e. The van der Waals surface area contributed by atoms with Gasteiger partial charge in [0, 0.05) is 6.54 Å². The summed E-state index contributed by atoms with van der Waals surface area (Å²) >= 11 is 11.8. The summed E-state index contributed by atoms with van der Waals surface area (Å²) in [5.41, 5.74) is 0.918. The summed E-state index contributed by atoms with van der Waals surface area (Å²) in [6, 6.07) is 8.16. The van der Waals surface area contributed by atoms with E-state index in [1.54, 1.807) is 36.2 Å². The zero-order valence-electron chi connectivity index (χ0n) is 13.0. The Morgan fingerprint density at radius 1 is 1.21 bits per heavy atom. The quantitative estimate of drug-likeness (QED) is 0.820. The zero-order valence-corrected chi connectivity index (χ0v) is 14.5. The molecule has 0 unspecified atom stereocenters. The van der Waals surface area contributed by atoms with Crippen LogP contribution in [0.2, 0.25) is 10.0 Å². The van der Waals surface area contributed by atoms with Crippen LogP contribution >= 0.6 is 23.2 Å². The predicted octanol–water partition coefficient (Wildman–Crippen LogP) is 3.04.